The third-order valence-electron chi connectivity index (χ3n) is 3.20. The first-order valence-corrected chi connectivity index (χ1v) is 5.70. The minimum Gasteiger partial charge on any atom is -0.0617 e. The molecule has 0 unspecified atom stereocenters. The van der Waals surface area contributed by atoms with Gasteiger partial charge in [0.15, 0.2) is 0 Å². The van der Waals surface area contributed by atoms with Gasteiger partial charge in [0.1, 0.15) is 0 Å². The highest BCUT2D eigenvalue weighted by Gasteiger charge is 2.20. The maximum absolute atomic E-state index is 2.32. The standard InChI is InChI=1S/C14H20/c1-14(2,3)13-10-6-8-11-7-4-5-9-12(11)13/h6,8,10H,4-5,7,9H2,1-3H3. The van der Waals surface area contributed by atoms with Gasteiger partial charge < -0.3 is 0 Å². The van der Waals surface area contributed by atoms with Crippen LogP contribution in [0.15, 0.2) is 18.2 Å². The molecule has 0 spiro atoms. The Labute approximate surface area is 87.3 Å². The first kappa shape index (κ1) is 9.76. The van der Waals surface area contributed by atoms with Gasteiger partial charge in [0.2, 0.25) is 0 Å². The van der Waals surface area contributed by atoms with Gasteiger partial charge in [0, 0.05) is 0 Å². The van der Waals surface area contributed by atoms with Gasteiger partial charge in [-0.05, 0) is 47.8 Å². The lowest BCUT2D eigenvalue weighted by atomic mass is 9.78. The summed E-state index contributed by atoms with van der Waals surface area (Å²) in [4.78, 5) is 0. The van der Waals surface area contributed by atoms with E-state index in [0.717, 1.165) is 0 Å². The average Bonchev–Trinajstić information content (AvgIpc) is 2.15. The number of fused-ring (bicyclic) bond motifs is 1. The minimum absolute atomic E-state index is 0.308. The van der Waals surface area contributed by atoms with Crippen molar-refractivity contribution in [2.45, 2.75) is 51.9 Å². The number of benzene rings is 1. The molecule has 0 fully saturated rings. The van der Waals surface area contributed by atoms with Gasteiger partial charge in [-0.2, -0.15) is 0 Å². The Kier molecular flexibility index (Phi) is 2.38. The van der Waals surface area contributed by atoms with Crippen LogP contribution in [0.2, 0.25) is 0 Å². The van der Waals surface area contributed by atoms with E-state index in [-0.39, 0.29) is 0 Å². The van der Waals surface area contributed by atoms with Crippen LogP contribution in [0.5, 0.6) is 0 Å². The lowest BCUT2D eigenvalue weighted by Crippen LogP contribution is -2.17. The Morgan fingerprint density at radius 3 is 2.43 bits per heavy atom. The second kappa shape index (κ2) is 3.42. The molecule has 14 heavy (non-hydrogen) atoms. The predicted octanol–water partition coefficient (Wildman–Crippen LogP) is 3.86. The number of hydrogen-bond donors (Lipinski definition) is 0. The topological polar surface area (TPSA) is 0 Å². The van der Waals surface area contributed by atoms with Crippen molar-refractivity contribution in [1.29, 1.82) is 0 Å². The average molecular weight is 188 g/mol. The summed E-state index contributed by atoms with van der Waals surface area (Å²) in [6.07, 6.45) is 5.34. The summed E-state index contributed by atoms with van der Waals surface area (Å²) in [5, 5.41) is 0. The SMILES string of the molecule is CC(C)(C)c1cccc2c1CCCC2. The number of hydrogen-bond acceptors (Lipinski definition) is 0. The van der Waals surface area contributed by atoms with E-state index in [1.807, 2.05) is 0 Å². The molecule has 0 saturated carbocycles. The van der Waals surface area contributed by atoms with E-state index in [4.69, 9.17) is 0 Å². The Morgan fingerprint density at radius 2 is 1.71 bits per heavy atom. The molecule has 0 amide bonds. The van der Waals surface area contributed by atoms with Crippen molar-refractivity contribution in [1.82, 2.24) is 0 Å². The first-order valence-electron chi connectivity index (χ1n) is 5.70. The van der Waals surface area contributed by atoms with Crippen molar-refractivity contribution in [2.75, 3.05) is 0 Å². The molecule has 2 rings (SSSR count). The summed E-state index contributed by atoms with van der Waals surface area (Å²) in [5.41, 5.74) is 5.12. The van der Waals surface area contributed by atoms with Crippen molar-refractivity contribution >= 4 is 0 Å². The lowest BCUT2D eigenvalue weighted by Gasteiger charge is -2.27. The van der Waals surface area contributed by atoms with Crippen LogP contribution < -0.4 is 0 Å². The summed E-state index contributed by atoms with van der Waals surface area (Å²) in [6, 6.07) is 6.85. The summed E-state index contributed by atoms with van der Waals surface area (Å²) in [7, 11) is 0. The van der Waals surface area contributed by atoms with Gasteiger partial charge in [-0.1, -0.05) is 39.0 Å². The van der Waals surface area contributed by atoms with Crippen molar-refractivity contribution < 1.29 is 0 Å². The first-order chi connectivity index (χ1) is 6.59. The van der Waals surface area contributed by atoms with Crippen LogP contribution in [0, 0.1) is 0 Å². The highest BCUT2D eigenvalue weighted by molar-refractivity contribution is 5.40. The largest absolute Gasteiger partial charge is 0.0617 e. The summed E-state index contributed by atoms with van der Waals surface area (Å²) in [6.45, 7) is 6.95. The van der Waals surface area contributed by atoms with E-state index >= 15 is 0 Å². The van der Waals surface area contributed by atoms with E-state index in [0.29, 0.717) is 5.41 Å². The fourth-order valence-corrected chi connectivity index (χ4v) is 2.48. The molecular weight excluding hydrogens is 168 g/mol. The molecule has 1 aliphatic rings. The molecule has 76 valence electrons. The quantitative estimate of drug-likeness (QED) is 0.580. The van der Waals surface area contributed by atoms with Gasteiger partial charge in [-0.3, -0.25) is 0 Å². The molecule has 0 aliphatic heterocycles. The van der Waals surface area contributed by atoms with Gasteiger partial charge in [0.25, 0.3) is 0 Å². The Balaban J connectivity index is 2.51. The van der Waals surface area contributed by atoms with Crippen LogP contribution in [0.3, 0.4) is 0 Å². The fourth-order valence-electron chi connectivity index (χ4n) is 2.48. The van der Waals surface area contributed by atoms with Crippen molar-refractivity contribution in [3.05, 3.63) is 34.9 Å². The molecule has 1 aromatic carbocycles. The summed E-state index contributed by atoms with van der Waals surface area (Å²) < 4.78 is 0. The summed E-state index contributed by atoms with van der Waals surface area (Å²) >= 11 is 0. The van der Waals surface area contributed by atoms with Gasteiger partial charge in [-0.25, -0.2) is 0 Å². The van der Waals surface area contributed by atoms with E-state index in [2.05, 4.69) is 39.0 Å². The highest BCUT2D eigenvalue weighted by atomic mass is 14.3. The van der Waals surface area contributed by atoms with Crippen molar-refractivity contribution in [3.63, 3.8) is 0 Å². The molecule has 0 nitrogen and oxygen atoms in total. The second-order valence-corrected chi connectivity index (χ2v) is 5.40. The van der Waals surface area contributed by atoms with E-state index < -0.39 is 0 Å². The Bertz CT molecular complexity index is 328. The molecule has 0 bridgehead atoms. The lowest BCUT2D eigenvalue weighted by molar-refractivity contribution is 0.568. The van der Waals surface area contributed by atoms with Crippen molar-refractivity contribution in [3.8, 4) is 0 Å². The van der Waals surface area contributed by atoms with Gasteiger partial charge >= 0.3 is 0 Å². The zero-order valence-electron chi connectivity index (χ0n) is 9.56. The van der Waals surface area contributed by atoms with Crippen LogP contribution >= 0.6 is 0 Å². The molecule has 1 aliphatic carbocycles. The highest BCUT2D eigenvalue weighted by Crippen LogP contribution is 2.32. The number of rotatable bonds is 0. The fraction of sp³-hybridized carbons (Fsp3) is 0.571. The van der Waals surface area contributed by atoms with E-state index in [9.17, 15) is 0 Å². The summed E-state index contributed by atoms with van der Waals surface area (Å²) in [5.74, 6) is 0. The van der Waals surface area contributed by atoms with Crippen LogP contribution in [-0.2, 0) is 18.3 Å². The predicted molar refractivity (Wildman–Crippen MR) is 61.8 cm³/mol. The normalized spacial score (nSPS) is 16.5. The van der Waals surface area contributed by atoms with E-state index in [1.54, 1.807) is 16.7 Å². The van der Waals surface area contributed by atoms with Crippen LogP contribution in [0.1, 0.15) is 50.3 Å². The maximum atomic E-state index is 2.32. The van der Waals surface area contributed by atoms with Crippen molar-refractivity contribution in [2.24, 2.45) is 0 Å². The van der Waals surface area contributed by atoms with Gasteiger partial charge in [-0.15, -0.1) is 0 Å². The second-order valence-electron chi connectivity index (χ2n) is 5.40. The molecule has 0 radical (unpaired) electrons. The Hall–Kier alpha value is -0.780. The van der Waals surface area contributed by atoms with Crippen LogP contribution in [0.4, 0.5) is 0 Å². The third kappa shape index (κ3) is 1.70. The minimum atomic E-state index is 0.308. The molecule has 0 aromatic heterocycles. The number of aryl methyl sites for hydroxylation is 1. The molecule has 0 heterocycles. The smallest absolute Gasteiger partial charge is 0.0129 e. The van der Waals surface area contributed by atoms with E-state index in [1.165, 1.54) is 25.7 Å². The third-order valence-corrected chi connectivity index (χ3v) is 3.20. The molecule has 0 atom stereocenters. The molecular formula is C14H20. The van der Waals surface area contributed by atoms with Crippen LogP contribution in [-0.4, -0.2) is 0 Å². The monoisotopic (exact) mass is 188 g/mol. The Morgan fingerprint density at radius 1 is 1.00 bits per heavy atom. The molecule has 0 N–H and O–H groups in total. The van der Waals surface area contributed by atoms with Gasteiger partial charge in [0.05, 0.1) is 0 Å². The zero-order valence-corrected chi connectivity index (χ0v) is 9.56. The zero-order chi connectivity index (χ0) is 10.2. The maximum Gasteiger partial charge on any atom is -0.0129 e. The molecule has 0 heteroatoms. The molecule has 1 aromatic rings. The van der Waals surface area contributed by atoms with Crippen LogP contribution in [0.25, 0.3) is 0 Å². The molecule has 0 saturated heterocycles.